The van der Waals surface area contributed by atoms with Crippen LogP contribution in [0.5, 0.6) is 0 Å². The molecular weight excluding hydrogens is 1030 g/mol. The molecule has 0 amide bonds. The van der Waals surface area contributed by atoms with Crippen molar-refractivity contribution in [3.05, 3.63) is 130 Å². The topological polar surface area (TPSA) is 79.2 Å². The molecule has 8 nitrogen and oxygen atoms in total. The molecule has 2 unspecified atom stereocenters. The number of piperazine rings is 2. The van der Waals surface area contributed by atoms with Crippen molar-refractivity contribution in [1.82, 2.24) is 29.4 Å². The Morgan fingerprint density at radius 2 is 0.643 bits per heavy atom. The molecule has 4 heterocycles. The Morgan fingerprint density at radius 1 is 0.357 bits per heavy atom. The molecule has 4 aliphatic rings. The molecule has 2 aromatic heterocycles. The van der Waals surface area contributed by atoms with Crippen molar-refractivity contribution in [2.24, 2.45) is 0 Å². The Kier molecular flexibility index (Phi) is 96.1. The summed E-state index contributed by atoms with van der Waals surface area (Å²) in [6, 6.07) is 26.3. The second kappa shape index (κ2) is 79.1. The predicted molar refractivity (Wildman–Crippen MR) is 397 cm³/mol. The molecule has 0 saturated carbocycles. The van der Waals surface area contributed by atoms with Gasteiger partial charge in [-0.1, -0.05) is 302 Å². The molecule has 10 heteroatoms. The lowest BCUT2D eigenvalue weighted by Gasteiger charge is -2.40. The van der Waals surface area contributed by atoms with Crippen LogP contribution in [0.4, 0.5) is 0 Å². The number of hydrogen-bond acceptors (Lipinski definition) is 8. The lowest BCUT2D eigenvalue weighted by atomic mass is 9.84. The van der Waals surface area contributed by atoms with Gasteiger partial charge in [0.25, 0.3) is 0 Å². The average Bonchev–Trinajstić information content (AvgIpc) is 3.47. The summed E-state index contributed by atoms with van der Waals surface area (Å²) in [6.07, 6.45) is 10.5. The van der Waals surface area contributed by atoms with E-state index >= 15 is 0 Å². The van der Waals surface area contributed by atoms with Crippen LogP contribution < -0.4 is 0 Å². The molecule has 2 aliphatic heterocycles. The van der Waals surface area contributed by atoms with Crippen LogP contribution in [0.2, 0.25) is 13.6 Å². The molecular formula is C74H148B2N6O2. The van der Waals surface area contributed by atoms with Gasteiger partial charge in [-0.25, -0.2) is 0 Å². The molecule has 0 spiro atoms. The van der Waals surface area contributed by atoms with Crippen LogP contribution in [-0.4, -0.2) is 106 Å². The first-order valence-electron chi connectivity index (χ1n) is 35.2. The minimum absolute atomic E-state index is 0.166. The summed E-state index contributed by atoms with van der Waals surface area (Å²) < 4.78 is 0. The molecule has 84 heavy (non-hydrogen) atoms. The Balaban J connectivity index is -0.000000111. The number of aromatic nitrogens is 2. The smallest absolute Gasteiger partial charge is 0.376 e. The van der Waals surface area contributed by atoms with Gasteiger partial charge in [0.15, 0.2) is 0 Å². The summed E-state index contributed by atoms with van der Waals surface area (Å²) in [4.78, 5) is 19.0. The third-order valence-electron chi connectivity index (χ3n) is 11.4. The van der Waals surface area contributed by atoms with Gasteiger partial charge in [0.05, 0.1) is 23.5 Å². The van der Waals surface area contributed by atoms with Gasteiger partial charge in [-0.3, -0.25) is 19.8 Å². The molecule has 0 radical (unpaired) electrons. The zero-order chi connectivity index (χ0) is 68.2. The second-order valence-corrected chi connectivity index (χ2v) is 14.4. The van der Waals surface area contributed by atoms with Crippen LogP contribution in [0, 0.1) is 0 Å². The standard InChI is InChI=1S/2C21H26BN3O.16C2H6/c1-3-16-15-17-7-6-10-23-20(17)21(19-9-5-4-8-18(16)19)24-11-13-25(14-12-24)22(2)26;1-3-16-15-17-7-4-5-8-19(17)21(20-18(16)9-6-10-23-20)24-11-13-25(14-12-24)22(2)26;16*1-2/h2*4-10,15,21,26H,3,11-14H2,1-2H3;16*1-2H3. The number of rotatable bonds is 6. The number of allylic oxidation sites excluding steroid dienone is 2. The van der Waals surface area contributed by atoms with Crippen molar-refractivity contribution < 1.29 is 10.0 Å². The zero-order valence-corrected chi connectivity index (χ0v) is 63.2. The molecule has 2 aliphatic carbocycles. The highest BCUT2D eigenvalue weighted by atomic mass is 16.2. The Bertz CT molecular complexity index is 1770. The van der Waals surface area contributed by atoms with Gasteiger partial charge in [0.1, 0.15) is 0 Å². The summed E-state index contributed by atoms with van der Waals surface area (Å²) in [5, 5.41) is 19.8. The minimum atomic E-state index is -0.377. The van der Waals surface area contributed by atoms with Crippen LogP contribution in [0.15, 0.2) is 85.2 Å². The van der Waals surface area contributed by atoms with Crippen LogP contribution >= 0.6 is 0 Å². The van der Waals surface area contributed by atoms with Crippen LogP contribution in [0.1, 0.15) is 305 Å². The monoisotopic (exact) mass is 1180 g/mol. The van der Waals surface area contributed by atoms with E-state index in [1.165, 1.54) is 44.5 Å². The molecule has 2 N–H and O–H groups in total. The molecule has 4 aromatic rings. The van der Waals surface area contributed by atoms with Crippen molar-refractivity contribution in [2.75, 3.05) is 52.4 Å². The van der Waals surface area contributed by atoms with Crippen molar-refractivity contribution in [1.29, 1.82) is 0 Å². The largest absolute Gasteiger partial charge is 0.437 e. The van der Waals surface area contributed by atoms with Gasteiger partial charge >= 0.3 is 14.1 Å². The van der Waals surface area contributed by atoms with E-state index in [0.717, 1.165) is 76.6 Å². The number of nitrogens with zero attached hydrogens (tertiary/aromatic N) is 6. The maximum Gasteiger partial charge on any atom is 0.376 e. The highest BCUT2D eigenvalue weighted by Gasteiger charge is 2.35. The number of benzene rings is 2. The minimum Gasteiger partial charge on any atom is -0.437 e. The maximum absolute atomic E-state index is 9.89. The van der Waals surface area contributed by atoms with Gasteiger partial charge in [-0.05, 0) is 83.7 Å². The van der Waals surface area contributed by atoms with Crippen molar-refractivity contribution in [3.8, 4) is 0 Å². The fourth-order valence-electron chi connectivity index (χ4n) is 8.49. The van der Waals surface area contributed by atoms with E-state index < -0.39 is 0 Å². The van der Waals surface area contributed by atoms with Gasteiger partial charge in [-0.2, -0.15) is 0 Å². The molecule has 492 valence electrons. The summed E-state index contributed by atoms with van der Waals surface area (Å²) >= 11 is 0. The molecule has 8 rings (SSSR count). The molecule has 2 atom stereocenters. The van der Waals surface area contributed by atoms with E-state index in [1.807, 2.05) is 260 Å². The van der Waals surface area contributed by atoms with Crippen LogP contribution in [0.25, 0.3) is 23.3 Å². The van der Waals surface area contributed by atoms with E-state index in [0.29, 0.717) is 0 Å². The maximum atomic E-state index is 9.89. The quantitative estimate of drug-likeness (QED) is 0.185. The Morgan fingerprint density at radius 3 is 1.02 bits per heavy atom. The van der Waals surface area contributed by atoms with E-state index in [1.54, 1.807) is 0 Å². The first-order chi connectivity index (χ1) is 41.4. The Labute approximate surface area is 530 Å². The molecule has 2 aromatic carbocycles. The van der Waals surface area contributed by atoms with Gasteiger partial charge in [0, 0.05) is 70.3 Å². The summed E-state index contributed by atoms with van der Waals surface area (Å²) in [5.41, 5.74) is 12.9. The van der Waals surface area contributed by atoms with Gasteiger partial charge < -0.3 is 19.7 Å². The number of pyridine rings is 2. The summed E-state index contributed by atoms with van der Waals surface area (Å²) in [5.74, 6) is 0. The molecule has 2 saturated heterocycles. The average molecular weight is 1180 g/mol. The third-order valence-corrected chi connectivity index (χ3v) is 11.4. The first-order valence-corrected chi connectivity index (χ1v) is 35.2. The van der Waals surface area contributed by atoms with Gasteiger partial charge in [-0.15, -0.1) is 0 Å². The predicted octanol–water partition coefficient (Wildman–Crippen LogP) is 22.7. The highest BCUT2D eigenvalue weighted by molar-refractivity contribution is 6.45. The normalized spacial score (nSPS) is 14.0. The highest BCUT2D eigenvalue weighted by Crippen LogP contribution is 2.41. The van der Waals surface area contributed by atoms with E-state index in [-0.39, 0.29) is 26.2 Å². The second-order valence-electron chi connectivity index (χ2n) is 14.4. The fraction of sp³-hybridized carbons (Fsp3) is 0.649. The van der Waals surface area contributed by atoms with Crippen LogP contribution in [-0.2, 0) is 0 Å². The summed E-state index contributed by atoms with van der Waals surface area (Å²) in [7, 11) is -0.755. The lowest BCUT2D eigenvalue weighted by molar-refractivity contribution is 0.144. The van der Waals surface area contributed by atoms with E-state index in [4.69, 9.17) is 9.97 Å². The molecule has 0 bridgehead atoms. The van der Waals surface area contributed by atoms with Crippen molar-refractivity contribution in [3.63, 3.8) is 0 Å². The van der Waals surface area contributed by atoms with E-state index in [9.17, 15) is 10.0 Å². The fourth-order valence-corrected chi connectivity index (χ4v) is 8.49. The van der Waals surface area contributed by atoms with Crippen molar-refractivity contribution >= 4 is 37.4 Å². The lowest BCUT2D eigenvalue weighted by Crippen LogP contribution is -2.52. The van der Waals surface area contributed by atoms with Crippen LogP contribution in [0.3, 0.4) is 0 Å². The summed E-state index contributed by atoms with van der Waals surface area (Å²) in [6.45, 7) is 79.4. The van der Waals surface area contributed by atoms with Gasteiger partial charge in [0.2, 0.25) is 0 Å². The van der Waals surface area contributed by atoms with E-state index in [2.05, 4.69) is 106 Å². The molecule has 2 fully saturated rings. The third kappa shape index (κ3) is 37.0. The Hall–Kier alpha value is -3.89. The zero-order valence-electron chi connectivity index (χ0n) is 63.2. The first kappa shape index (κ1) is 102. The number of hydrogen-bond donors (Lipinski definition) is 2. The van der Waals surface area contributed by atoms with Crippen molar-refractivity contribution in [2.45, 2.75) is 274 Å². The SMILES string of the molecule is CC.CC.CC.CC.CC.CC.CC.CC.CC.CC.CC.CC.CC.CC.CC.CC.CCC1=Cc2ccccc2C(N2CCN(B(C)O)CC2)c2ncccc21.CCC1=Cc2cccnc2C(N2CCN(B(C)O)CC2)c2ccccc21. The number of fused-ring (bicyclic) bond motifs is 4.